The van der Waals surface area contributed by atoms with E-state index in [0.717, 1.165) is 22.4 Å². The molecule has 164 valence electrons. The number of piperidine rings is 1. The molecule has 1 aliphatic rings. The third-order valence-corrected chi connectivity index (χ3v) is 5.58. The van der Waals surface area contributed by atoms with Gasteiger partial charge in [-0.1, -0.05) is 60.7 Å². The van der Waals surface area contributed by atoms with E-state index in [4.69, 9.17) is 10.8 Å². The zero-order valence-electron chi connectivity index (χ0n) is 17.9. The highest BCUT2D eigenvalue weighted by Gasteiger charge is 2.22. The summed E-state index contributed by atoms with van der Waals surface area (Å²) in [6.45, 7) is 1.84. The summed E-state index contributed by atoms with van der Waals surface area (Å²) in [5.41, 5.74) is 9.09. The number of rotatable bonds is 6. The van der Waals surface area contributed by atoms with Crippen LogP contribution >= 0.6 is 0 Å². The molecular weight excluding hydrogens is 402 g/mol. The lowest BCUT2D eigenvalue weighted by atomic mass is 10.0. The van der Waals surface area contributed by atoms with E-state index in [1.165, 1.54) is 0 Å². The largest absolute Gasteiger partial charge is 0.352 e. The van der Waals surface area contributed by atoms with Crippen LogP contribution in [-0.4, -0.2) is 45.8 Å². The third-order valence-electron chi connectivity index (χ3n) is 5.58. The minimum atomic E-state index is -0.518. The summed E-state index contributed by atoms with van der Waals surface area (Å²) in [5.74, 6) is -0.0441. The van der Waals surface area contributed by atoms with E-state index in [1.54, 1.807) is 11.0 Å². The van der Waals surface area contributed by atoms with E-state index < -0.39 is 6.03 Å². The molecule has 0 unspecified atom stereocenters. The molecule has 1 aliphatic heterocycles. The average Bonchev–Trinajstić information content (AvgIpc) is 3.21. The molecule has 0 saturated carbocycles. The normalized spacial score (nSPS) is 14.6. The molecule has 3 amide bonds. The minimum absolute atomic E-state index is 0.0291. The lowest BCUT2D eigenvalue weighted by molar-refractivity contribution is -0.126. The van der Waals surface area contributed by atoms with E-state index in [-0.39, 0.29) is 11.9 Å². The van der Waals surface area contributed by atoms with Gasteiger partial charge in [0, 0.05) is 42.5 Å². The molecule has 1 aromatic heterocycles. The Bertz CT molecular complexity index is 1080. The van der Waals surface area contributed by atoms with Gasteiger partial charge in [0.25, 0.3) is 0 Å². The van der Waals surface area contributed by atoms with Crippen LogP contribution in [0, 0.1) is 0 Å². The molecule has 3 aromatic rings. The molecular formula is C25H27N5O2. The summed E-state index contributed by atoms with van der Waals surface area (Å²) in [7, 11) is 0. The van der Waals surface area contributed by atoms with Gasteiger partial charge in [-0.15, -0.1) is 0 Å². The van der Waals surface area contributed by atoms with Crippen molar-refractivity contribution in [2.24, 2.45) is 5.73 Å². The van der Waals surface area contributed by atoms with Crippen molar-refractivity contribution in [2.75, 3.05) is 13.1 Å². The van der Waals surface area contributed by atoms with E-state index in [0.29, 0.717) is 32.5 Å². The quantitative estimate of drug-likeness (QED) is 0.589. The molecule has 32 heavy (non-hydrogen) atoms. The lowest BCUT2D eigenvalue weighted by Gasteiger charge is -2.31. The predicted octanol–water partition coefficient (Wildman–Crippen LogP) is 3.27. The Hall–Kier alpha value is -3.87. The van der Waals surface area contributed by atoms with Crippen molar-refractivity contribution in [3.63, 3.8) is 0 Å². The second-order valence-corrected chi connectivity index (χ2v) is 7.92. The molecule has 0 radical (unpaired) electrons. The van der Waals surface area contributed by atoms with Crippen LogP contribution in [0.2, 0.25) is 0 Å². The second-order valence-electron chi connectivity index (χ2n) is 7.92. The second kappa shape index (κ2) is 9.96. The topological polar surface area (TPSA) is 93.3 Å². The number of aromatic nitrogens is 2. The molecule has 0 atom stereocenters. The monoisotopic (exact) mass is 429 g/mol. The number of benzene rings is 2. The van der Waals surface area contributed by atoms with Crippen molar-refractivity contribution in [3.05, 3.63) is 84.1 Å². The zero-order valence-corrected chi connectivity index (χ0v) is 17.9. The smallest absolute Gasteiger partial charge is 0.312 e. The Morgan fingerprint density at radius 3 is 2.34 bits per heavy atom. The lowest BCUT2D eigenvalue weighted by Crippen LogP contribution is -2.47. The molecule has 7 heteroatoms. The maximum absolute atomic E-state index is 12.7. The highest BCUT2D eigenvalue weighted by molar-refractivity contribution is 5.93. The first-order chi connectivity index (χ1) is 15.6. The predicted molar refractivity (Wildman–Crippen MR) is 125 cm³/mol. The number of urea groups is 1. The zero-order chi connectivity index (χ0) is 22.3. The van der Waals surface area contributed by atoms with Crippen molar-refractivity contribution in [1.29, 1.82) is 0 Å². The number of amides is 3. The van der Waals surface area contributed by atoms with Gasteiger partial charge in [-0.2, -0.15) is 5.10 Å². The number of primary amides is 1. The molecule has 0 aliphatic carbocycles. The number of hydrogen-bond acceptors (Lipinski definition) is 3. The number of nitrogens with two attached hydrogens (primary N) is 1. The number of nitrogens with one attached hydrogen (secondary N) is 1. The molecule has 2 aromatic carbocycles. The van der Waals surface area contributed by atoms with Crippen molar-refractivity contribution in [1.82, 2.24) is 20.0 Å². The number of nitrogens with zero attached hydrogens (tertiary/aromatic N) is 3. The number of carbonyl (C=O) groups is 2. The maximum Gasteiger partial charge on any atom is 0.312 e. The summed E-state index contributed by atoms with van der Waals surface area (Å²) in [5, 5.41) is 7.51. The van der Waals surface area contributed by atoms with Crippen molar-refractivity contribution in [3.8, 4) is 11.3 Å². The van der Waals surface area contributed by atoms with Crippen LogP contribution in [0.3, 0.4) is 0 Å². The van der Waals surface area contributed by atoms with Crippen LogP contribution in [0.15, 0.2) is 72.9 Å². The SMILES string of the molecule is NC(=O)NC1CCN(C(=O)/C=C/c2cn(Cc3ccccc3)nc2-c2ccccc2)CC1. The highest BCUT2D eigenvalue weighted by Crippen LogP contribution is 2.24. The van der Waals surface area contributed by atoms with Crippen LogP contribution < -0.4 is 11.1 Å². The van der Waals surface area contributed by atoms with Crippen molar-refractivity contribution in [2.45, 2.75) is 25.4 Å². The van der Waals surface area contributed by atoms with E-state index >= 15 is 0 Å². The van der Waals surface area contributed by atoms with Crippen LogP contribution in [0.25, 0.3) is 17.3 Å². The van der Waals surface area contributed by atoms with Crippen LogP contribution in [-0.2, 0) is 11.3 Å². The van der Waals surface area contributed by atoms with Crippen LogP contribution in [0.1, 0.15) is 24.0 Å². The van der Waals surface area contributed by atoms with Crippen LogP contribution in [0.5, 0.6) is 0 Å². The third kappa shape index (κ3) is 5.43. The molecule has 3 N–H and O–H groups in total. The number of hydrogen-bond donors (Lipinski definition) is 2. The van der Waals surface area contributed by atoms with Gasteiger partial charge in [-0.25, -0.2) is 4.79 Å². The first kappa shape index (κ1) is 21.4. The van der Waals surface area contributed by atoms with Gasteiger partial charge in [0.2, 0.25) is 5.91 Å². The molecule has 2 heterocycles. The van der Waals surface area contributed by atoms with Crippen molar-refractivity contribution < 1.29 is 9.59 Å². The first-order valence-corrected chi connectivity index (χ1v) is 10.8. The summed E-state index contributed by atoms with van der Waals surface area (Å²) < 4.78 is 1.91. The van der Waals surface area contributed by atoms with Gasteiger partial charge in [0.1, 0.15) is 0 Å². The first-order valence-electron chi connectivity index (χ1n) is 10.8. The summed E-state index contributed by atoms with van der Waals surface area (Å²) >= 11 is 0. The molecule has 7 nitrogen and oxygen atoms in total. The summed E-state index contributed by atoms with van der Waals surface area (Å²) in [6.07, 6.45) is 6.83. The fraction of sp³-hybridized carbons (Fsp3) is 0.240. The Morgan fingerprint density at radius 2 is 1.69 bits per heavy atom. The molecule has 4 rings (SSSR count). The van der Waals surface area contributed by atoms with Gasteiger partial charge in [0.15, 0.2) is 0 Å². The Kier molecular flexibility index (Phi) is 6.65. The molecule has 1 fully saturated rings. The highest BCUT2D eigenvalue weighted by atomic mass is 16.2. The molecule has 0 spiro atoms. The summed E-state index contributed by atoms with van der Waals surface area (Å²) in [4.78, 5) is 25.6. The van der Waals surface area contributed by atoms with Crippen molar-refractivity contribution >= 4 is 18.0 Å². The summed E-state index contributed by atoms with van der Waals surface area (Å²) in [6, 6.07) is 19.6. The maximum atomic E-state index is 12.7. The van der Waals surface area contributed by atoms with E-state index in [1.807, 2.05) is 65.5 Å². The van der Waals surface area contributed by atoms with Gasteiger partial charge in [0.05, 0.1) is 12.2 Å². The number of carbonyl (C=O) groups excluding carboxylic acids is 2. The Balaban J connectivity index is 1.50. The average molecular weight is 430 g/mol. The van der Waals surface area contributed by atoms with Gasteiger partial charge in [-0.05, 0) is 24.5 Å². The van der Waals surface area contributed by atoms with Gasteiger partial charge < -0.3 is 16.0 Å². The standard InChI is InChI=1S/C25H27N5O2/c26-25(32)27-22-13-15-29(16-14-22)23(31)12-11-21-18-30(17-19-7-3-1-4-8-19)28-24(21)20-9-5-2-6-10-20/h1-12,18,22H,13-17H2,(H3,26,27,32)/b12-11+. The number of likely N-dealkylation sites (tertiary alicyclic amines) is 1. The Morgan fingerprint density at radius 1 is 1.03 bits per heavy atom. The fourth-order valence-electron chi connectivity index (χ4n) is 3.94. The van der Waals surface area contributed by atoms with Crippen LogP contribution in [0.4, 0.5) is 4.79 Å². The molecule has 0 bridgehead atoms. The fourth-order valence-corrected chi connectivity index (χ4v) is 3.94. The molecule has 1 saturated heterocycles. The van der Waals surface area contributed by atoms with E-state index in [2.05, 4.69) is 17.4 Å². The Labute approximate surface area is 187 Å². The van der Waals surface area contributed by atoms with Gasteiger partial charge >= 0.3 is 6.03 Å². The van der Waals surface area contributed by atoms with Gasteiger partial charge in [-0.3, -0.25) is 9.48 Å². The van der Waals surface area contributed by atoms with E-state index in [9.17, 15) is 9.59 Å². The minimum Gasteiger partial charge on any atom is -0.352 e.